The third-order valence-corrected chi connectivity index (χ3v) is 4.77. The molecule has 0 atom stereocenters. The second-order valence-electron chi connectivity index (χ2n) is 4.82. The van der Waals surface area contributed by atoms with Gasteiger partial charge in [-0.3, -0.25) is 0 Å². The molecular formula is C17H23NS. The van der Waals surface area contributed by atoms with E-state index in [1.54, 1.807) is 0 Å². The molecular weight excluding hydrogens is 250 g/mol. The summed E-state index contributed by atoms with van der Waals surface area (Å²) in [7, 11) is 0. The molecule has 0 radical (unpaired) electrons. The number of hydrogen-bond acceptors (Lipinski definition) is 2. The molecule has 0 aliphatic heterocycles. The number of nitrogens with two attached hydrogens (primary N) is 1. The monoisotopic (exact) mass is 273 g/mol. The van der Waals surface area contributed by atoms with Gasteiger partial charge >= 0.3 is 0 Å². The van der Waals surface area contributed by atoms with Crippen LogP contribution < -0.4 is 5.73 Å². The van der Waals surface area contributed by atoms with E-state index >= 15 is 0 Å². The lowest BCUT2D eigenvalue weighted by molar-refractivity contribution is 1.05. The van der Waals surface area contributed by atoms with Crippen LogP contribution in [0.2, 0.25) is 0 Å². The van der Waals surface area contributed by atoms with Crippen molar-refractivity contribution in [2.75, 3.05) is 0 Å². The zero-order chi connectivity index (χ0) is 13.8. The Labute approximate surface area is 120 Å². The summed E-state index contributed by atoms with van der Waals surface area (Å²) in [5.74, 6) is 0. The molecule has 2 N–H and O–H groups in total. The summed E-state index contributed by atoms with van der Waals surface area (Å²) >= 11 is 1.83. The molecule has 102 valence electrons. The maximum absolute atomic E-state index is 5.74. The van der Waals surface area contributed by atoms with Gasteiger partial charge in [-0.2, -0.15) is 0 Å². The lowest BCUT2D eigenvalue weighted by atomic mass is 9.93. The van der Waals surface area contributed by atoms with E-state index in [2.05, 4.69) is 45.0 Å². The number of hydrogen-bond donors (Lipinski definition) is 1. The van der Waals surface area contributed by atoms with Crippen LogP contribution in [-0.2, 0) is 25.8 Å². The van der Waals surface area contributed by atoms with Crippen LogP contribution >= 0.6 is 11.3 Å². The van der Waals surface area contributed by atoms with Crippen LogP contribution in [0.3, 0.4) is 0 Å². The molecule has 2 aromatic rings. The number of rotatable bonds is 5. The minimum absolute atomic E-state index is 0.640. The van der Waals surface area contributed by atoms with Crippen LogP contribution in [0.4, 0.5) is 0 Å². The fraction of sp³-hybridized carbons (Fsp3) is 0.412. The second-order valence-corrected chi connectivity index (χ2v) is 5.99. The van der Waals surface area contributed by atoms with Crippen LogP contribution in [0.5, 0.6) is 0 Å². The average Bonchev–Trinajstić information content (AvgIpc) is 2.94. The topological polar surface area (TPSA) is 26.0 Å². The van der Waals surface area contributed by atoms with Crippen molar-refractivity contribution in [1.29, 1.82) is 0 Å². The third-order valence-electron chi connectivity index (χ3n) is 3.64. The maximum atomic E-state index is 5.74. The van der Waals surface area contributed by atoms with Gasteiger partial charge < -0.3 is 5.73 Å². The molecule has 19 heavy (non-hydrogen) atoms. The predicted octanol–water partition coefficient (Wildman–Crippen LogP) is 4.56. The molecule has 0 saturated heterocycles. The first kappa shape index (κ1) is 14.3. The molecule has 0 aliphatic carbocycles. The SMILES string of the molecule is CCc1cc(CC)c(-c2ccc(CN)s2)c(CC)c1. The highest BCUT2D eigenvalue weighted by atomic mass is 32.1. The summed E-state index contributed by atoms with van der Waals surface area (Å²) in [5.41, 5.74) is 11.6. The molecule has 2 rings (SSSR count). The van der Waals surface area contributed by atoms with E-state index in [9.17, 15) is 0 Å². The molecule has 0 unspecified atom stereocenters. The van der Waals surface area contributed by atoms with Gasteiger partial charge in [0.1, 0.15) is 0 Å². The van der Waals surface area contributed by atoms with Crippen molar-refractivity contribution in [3.05, 3.63) is 45.8 Å². The zero-order valence-electron chi connectivity index (χ0n) is 12.1. The van der Waals surface area contributed by atoms with Crippen LogP contribution in [0, 0.1) is 0 Å². The summed E-state index contributed by atoms with van der Waals surface area (Å²) in [5, 5.41) is 0. The highest BCUT2D eigenvalue weighted by molar-refractivity contribution is 7.15. The smallest absolute Gasteiger partial charge is 0.0351 e. The molecule has 1 aromatic heterocycles. The van der Waals surface area contributed by atoms with Crippen LogP contribution in [0.15, 0.2) is 24.3 Å². The molecule has 1 heterocycles. The maximum Gasteiger partial charge on any atom is 0.0351 e. The van der Waals surface area contributed by atoms with Crippen molar-refractivity contribution in [2.45, 2.75) is 46.6 Å². The first-order valence-electron chi connectivity index (χ1n) is 7.17. The average molecular weight is 273 g/mol. The molecule has 0 spiro atoms. The number of thiophene rings is 1. The zero-order valence-corrected chi connectivity index (χ0v) is 12.9. The minimum atomic E-state index is 0.640. The van der Waals surface area contributed by atoms with Crippen LogP contribution in [0.1, 0.15) is 42.3 Å². The Morgan fingerprint density at radius 2 is 1.58 bits per heavy atom. The van der Waals surface area contributed by atoms with Gasteiger partial charge in [0.25, 0.3) is 0 Å². The van der Waals surface area contributed by atoms with Crippen molar-refractivity contribution >= 4 is 11.3 Å². The normalized spacial score (nSPS) is 10.9. The van der Waals surface area contributed by atoms with Crippen LogP contribution in [-0.4, -0.2) is 0 Å². The van der Waals surface area contributed by atoms with Crippen molar-refractivity contribution in [1.82, 2.24) is 0 Å². The van der Waals surface area contributed by atoms with E-state index in [1.165, 1.54) is 32.0 Å². The van der Waals surface area contributed by atoms with E-state index < -0.39 is 0 Å². The van der Waals surface area contributed by atoms with E-state index in [-0.39, 0.29) is 0 Å². The molecule has 0 fully saturated rings. The van der Waals surface area contributed by atoms with Gasteiger partial charge in [-0.15, -0.1) is 11.3 Å². The molecule has 0 aliphatic rings. The van der Waals surface area contributed by atoms with Crippen molar-refractivity contribution < 1.29 is 0 Å². The predicted molar refractivity (Wildman–Crippen MR) is 85.8 cm³/mol. The molecule has 0 bridgehead atoms. The second kappa shape index (κ2) is 6.36. The summed E-state index contributed by atoms with van der Waals surface area (Å²) in [6.45, 7) is 7.36. The summed E-state index contributed by atoms with van der Waals surface area (Å²) in [6, 6.07) is 9.13. The molecule has 1 aromatic carbocycles. The minimum Gasteiger partial charge on any atom is -0.326 e. The Balaban J connectivity index is 2.59. The van der Waals surface area contributed by atoms with Gasteiger partial charge in [-0.05, 0) is 53.6 Å². The first-order valence-corrected chi connectivity index (χ1v) is 7.98. The standard InChI is InChI=1S/C17H23NS/c1-4-12-9-13(5-2)17(14(6-3)10-12)16-8-7-15(11-18)19-16/h7-10H,4-6,11,18H2,1-3H3. The largest absolute Gasteiger partial charge is 0.326 e. The summed E-state index contributed by atoms with van der Waals surface area (Å²) in [6.07, 6.45) is 3.29. The molecule has 0 saturated carbocycles. The molecule has 1 nitrogen and oxygen atoms in total. The third kappa shape index (κ3) is 2.90. The van der Waals surface area contributed by atoms with Gasteiger partial charge in [0.2, 0.25) is 0 Å². The van der Waals surface area contributed by atoms with E-state index in [1.807, 2.05) is 11.3 Å². The Hall–Kier alpha value is -1.12. The highest BCUT2D eigenvalue weighted by Gasteiger charge is 2.12. The van der Waals surface area contributed by atoms with Gasteiger partial charge in [0.05, 0.1) is 0 Å². The Bertz CT molecular complexity index is 529. The summed E-state index contributed by atoms with van der Waals surface area (Å²) in [4.78, 5) is 2.63. The van der Waals surface area contributed by atoms with Gasteiger partial charge in [0.15, 0.2) is 0 Å². The number of aryl methyl sites for hydroxylation is 3. The lowest BCUT2D eigenvalue weighted by Crippen LogP contribution is -1.96. The fourth-order valence-corrected chi connectivity index (χ4v) is 3.54. The fourth-order valence-electron chi connectivity index (χ4n) is 2.54. The number of benzene rings is 1. The van der Waals surface area contributed by atoms with Crippen molar-refractivity contribution in [3.63, 3.8) is 0 Å². The van der Waals surface area contributed by atoms with Gasteiger partial charge in [0, 0.05) is 16.3 Å². The van der Waals surface area contributed by atoms with E-state index in [0.717, 1.165) is 19.3 Å². The van der Waals surface area contributed by atoms with Gasteiger partial charge in [-0.1, -0.05) is 32.9 Å². The summed E-state index contributed by atoms with van der Waals surface area (Å²) < 4.78 is 0. The Morgan fingerprint density at radius 3 is 2.00 bits per heavy atom. The van der Waals surface area contributed by atoms with E-state index in [4.69, 9.17) is 5.73 Å². The van der Waals surface area contributed by atoms with Crippen molar-refractivity contribution in [3.8, 4) is 10.4 Å². The van der Waals surface area contributed by atoms with Crippen molar-refractivity contribution in [2.24, 2.45) is 5.73 Å². The Kier molecular flexibility index (Phi) is 4.78. The highest BCUT2D eigenvalue weighted by Crippen LogP contribution is 2.35. The quantitative estimate of drug-likeness (QED) is 0.849. The van der Waals surface area contributed by atoms with E-state index in [0.29, 0.717) is 6.54 Å². The first-order chi connectivity index (χ1) is 9.23. The molecule has 2 heteroatoms. The molecule has 0 amide bonds. The van der Waals surface area contributed by atoms with Crippen LogP contribution in [0.25, 0.3) is 10.4 Å². The van der Waals surface area contributed by atoms with Gasteiger partial charge in [-0.25, -0.2) is 0 Å². The lowest BCUT2D eigenvalue weighted by Gasteiger charge is -2.14. The Morgan fingerprint density at radius 1 is 0.947 bits per heavy atom.